The number of hydrogen-bond donors (Lipinski definition) is 0. The molecule has 0 amide bonds. The second-order valence-electron chi connectivity index (χ2n) is 21.0. The highest BCUT2D eigenvalue weighted by Crippen LogP contribution is 2.41. The van der Waals surface area contributed by atoms with Crippen LogP contribution in [-0.4, -0.2) is 139 Å². The predicted molar refractivity (Wildman–Crippen MR) is 305 cm³/mol. The zero-order valence-electron chi connectivity index (χ0n) is 48.1. The molecule has 0 radical (unpaired) electrons. The molecule has 3 saturated heterocycles. The Morgan fingerprint density at radius 2 is 0.955 bits per heavy atom. The lowest BCUT2D eigenvalue weighted by atomic mass is 9.96. The Kier molecular flexibility index (Phi) is 20.2. The van der Waals surface area contributed by atoms with E-state index in [0.29, 0.717) is 97.7 Å². The zero-order valence-corrected chi connectivity index (χ0v) is 48.1. The Morgan fingerprint density at radius 1 is 0.523 bits per heavy atom. The maximum absolute atomic E-state index is 12.9. The van der Waals surface area contributed by atoms with Crippen LogP contribution in [0, 0.1) is 5.92 Å². The number of alkyl halides is 9. The van der Waals surface area contributed by atoms with E-state index in [9.17, 15) is 58.7 Å². The number of halogens is 9. The van der Waals surface area contributed by atoms with Gasteiger partial charge in [-0.1, -0.05) is 12.1 Å². The summed E-state index contributed by atoms with van der Waals surface area (Å²) >= 11 is 0. The number of methoxy groups -OCH3 is 3. The minimum atomic E-state index is -4.49. The molecule has 466 valence electrons. The van der Waals surface area contributed by atoms with Crippen LogP contribution in [0.1, 0.15) is 92.8 Å². The van der Waals surface area contributed by atoms with Crippen LogP contribution in [0.2, 0.25) is 0 Å². The van der Waals surface area contributed by atoms with Gasteiger partial charge in [-0.3, -0.25) is 34.1 Å². The van der Waals surface area contributed by atoms with E-state index in [1.54, 1.807) is 39.5 Å². The van der Waals surface area contributed by atoms with E-state index < -0.39 is 35.6 Å². The standard InChI is InChI=1S/C21H21F3N2O3.C21H19F3N2O3.C14H17NO3.C7H4F3NO/c2*1-28-18-11-16-14(10-17(18)26-4-6-29-7-5-26)9-15(20(16)27)8-13-2-3-19(25-12-13)21(22,23)24;1-17-14-9-11-10(2-3-13(11)16)8-12(14)15-4-6-18-7-5-15;8-7(9,10)6-2-1-5(4-12)3-11-6/h2-3,10-12,15H,4-9H2,1H3;2-3,8,10-12H,4-7,9H2,1H3;8-9H,2-7H2,1H3;1-4H/b;15-8+;;. The molecule has 88 heavy (non-hydrogen) atoms. The number of aryl methyl sites for hydroxylation is 1. The fraction of sp³-hybridized carbons (Fsp3) is 0.381. The van der Waals surface area contributed by atoms with E-state index in [1.165, 1.54) is 18.3 Å². The van der Waals surface area contributed by atoms with Crippen molar-refractivity contribution in [3.8, 4) is 17.2 Å². The summed E-state index contributed by atoms with van der Waals surface area (Å²) < 4.78 is 144. The molecule has 16 nitrogen and oxygen atoms in total. The number of morpholine rings is 3. The van der Waals surface area contributed by atoms with Gasteiger partial charge in [-0.05, 0) is 114 Å². The first-order chi connectivity index (χ1) is 42.1. The van der Waals surface area contributed by atoms with Crippen molar-refractivity contribution in [2.45, 2.75) is 50.6 Å². The van der Waals surface area contributed by atoms with E-state index in [4.69, 9.17) is 28.4 Å². The normalized spacial score (nSPS) is 17.8. The molecule has 12 rings (SSSR count). The van der Waals surface area contributed by atoms with Crippen LogP contribution in [0.3, 0.4) is 0 Å². The van der Waals surface area contributed by atoms with Gasteiger partial charge in [0.15, 0.2) is 23.6 Å². The van der Waals surface area contributed by atoms with Gasteiger partial charge in [-0.2, -0.15) is 39.5 Å². The van der Waals surface area contributed by atoms with E-state index in [1.807, 2.05) is 18.2 Å². The Balaban J connectivity index is 0.000000147. The number of allylic oxidation sites excluding steroid dienone is 1. The summed E-state index contributed by atoms with van der Waals surface area (Å²) in [6, 6.07) is 17.9. The summed E-state index contributed by atoms with van der Waals surface area (Å²) in [4.78, 5) is 64.1. The molecular formula is C63H61F9N6O10. The van der Waals surface area contributed by atoms with E-state index in [0.717, 1.165) is 141 Å². The summed E-state index contributed by atoms with van der Waals surface area (Å²) in [6.45, 7) is 8.78. The van der Waals surface area contributed by atoms with Crippen LogP contribution in [0.25, 0.3) is 6.08 Å². The number of carbonyl (C=O) groups is 4. The SMILES string of the molecule is COc1cc2c(cc1N1CCOCC1)C/C(=C\c1ccc(C(F)(F)F)nc1)C2=O.COc1cc2c(cc1N1CCOCC1)CC(Cc1ccc(C(F)(F)F)nc1)C2=O.COc1cc2c(cc1N1CCOCC1)CCC2=O.O=Cc1ccc(C(F)(F)F)nc1. The van der Waals surface area contributed by atoms with Gasteiger partial charge >= 0.3 is 18.5 Å². The van der Waals surface area contributed by atoms with Gasteiger partial charge in [0.05, 0.1) is 78.0 Å². The maximum Gasteiger partial charge on any atom is 0.433 e. The van der Waals surface area contributed by atoms with E-state index in [2.05, 4.69) is 35.7 Å². The fourth-order valence-electron chi connectivity index (χ4n) is 10.9. The molecule has 1 unspecified atom stereocenters. The predicted octanol–water partition coefficient (Wildman–Crippen LogP) is 10.9. The third kappa shape index (κ3) is 15.3. The second kappa shape index (κ2) is 27.7. The van der Waals surface area contributed by atoms with Gasteiger partial charge in [-0.15, -0.1) is 0 Å². The molecule has 25 heteroatoms. The van der Waals surface area contributed by atoms with E-state index >= 15 is 0 Å². The van der Waals surface area contributed by atoms with E-state index in [-0.39, 0.29) is 28.8 Å². The minimum absolute atomic E-state index is 0.00766. The first-order valence-electron chi connectivity index (χ1n) is 28.0. The molecule has 0 bridgehead atoms. The summed E-state index contributed by atoms with van der Waals surface area (Å²) in [5, 5.41) is 0. The molecule has 3 aliphatic heterocycles. The molecule has 6 heterocycles. The molecule has 0 spiro atoms. The van der Waals surface area contributed by atoms with Crippen molar-refractivity contribution in [2.24, 2.45) is 5.92 Å². The lowest BCUT2D eigenvalue weighted by Crippen LogP contribution is -2.36. The number of hydrogen-bond acceptors (Lipinski definition) is 16. The highest BCUT2D eigenvalue weighted by atomic mass is 19.4. The number of anilines is 3. The molecule has 6 aliphatic rings. The van der Waals surface area contributed by atoms with Crippen LogP contribution in [0.15, 0.2) is 97.0 Å². The Bertz CT molecular complexity index is 3510. The Morgan fingerprint density at radius 3 is 1.39 bits per heavy atom. The first kappa shape index (κ1) is 64.1. The quantitative estimate of drug-likeness (QED) is 0.0720. The molecule has 3 fully saturated rings. The topological polar surface area (TPSA) is 172 Å². The molecule has 3 aromatic heterocycles. The van der Waals surface area contributed by atoms with Crippen molar-refractivity contribution in [3.63, 3.8) is 0 Å². The van der Waals surface area contributed by atoms with Crippen molar-refractivity contribution in [3.05, 3.63) is 164 Å². The highest BCUT2D eigenvalue weighted by molar-refractivity contribution is 6.16. The molecule has 3 aliphatic carbocycles. The van der Waals surface area contributed by atoms with Gasteiger partial charge in [0.1, 0.15) is 34.3 Å². The number of aromatic nitrogens is 3. The molecule has 6 aromatic rings. The van der Waals surface area contributed by atoms with Crippen LogP contribution in [-0.2, 0) is 58.4 Å². The number of carbonyl (C=O) groups excluding carboxylic acids is 4. The second-order valence-corrected chi connectivity index (χ2v) is 21.0. The number of nitrogens with zero attached hydrogens (tertiary/aromatic N) is 6. The highest BCUT2D eigenvalue weighted by Gasteiger charge is 2.37. The van der Waals surface area contributed by atoms with Crippen molar-refractivity contribution in [1.29, 1.82) is 0 Å². The zero-order chi connectivity index (χ0) is 62.9. The average molecular weight is 1230 g/mol. The van der Waals surface area contributed by atoms with Crippen LogP contribution >= 0.6 is 0 Å². The Labute approximate surface area is 500 Å². The third-order valence-electron chi connectivity index (χ3n) is 15.4. The average Bonchev–Trinajstić information content (AvgIpc) is 1.88. The van der Waals surface area contributed by atoms with Crippen molar-refractivity contribution >= 4 is 46.8 Å². The molecule has 0 N–H and O–H groups in total. The van der Waals surface area contributed by atoms with Crippen molar-refractivity contribution in [1.82, 2.24) is 15.0 Å². The summed E-state index contributed by atoms with van der Waals surface area (Å²) in [7, 11) is 4.80. The number of benzene rings is 3. The third-order valence-corrected chi connectivity index (χ3v) is 15.4. The number of rotatable bonds is 10. The monoisotopic (exact) mass is 1230 g/mol. The number of ketones is 3. The molecular weight excluding hydrogens is 1170 g/mol. The van der Waals surface area contributed by atoms with Gasteiger partial charge in [0.25, 0.3) is 0 Å². The number of ether oxygens (including phenoxy) is 6. The smallest absolute Gasteiger partial charge is 0.433 e. The number of fused-ring (bicyclic) bond motifs is 3. The van der Waals surface area contributed by atoms with Crippen LogP contribution in [0.5, 0.6) is 17.2 Å². The lowest BCUT2D eigenvalue weighted by Gasteiger charge is -2.30. The summed E-state index contributed by atoms with van der Waals surface area (Å²) in [6.07, 6.45) is -5.34. The van der Waals surface area contributed by atoms with Gasteiger partial charge < -0.3 is 43.1 Å². The van der Waals surface area contributed by atoms with Gasteiger partial charge in [0, 0.05) is 104 Å². The van der Waals surface area contributed by atoms with Crippen LogP contribution < -0.4 is 28.9 Å². The van der Waals surface area contributed by atoms with Crippen molar-refractivity contribution in [2.75, 3.05) is 115 Å². The Hall–Kier alpha value is -8.42. The number of aldehydes is 1. The molecule has 0 saturated carbocycles. The first-order valence-corrected chi connectivity index (χ1v) is 28.0. The minimum Gasteiger partial charge on any atom is -0.495 e. The number of Topliss-reactive ketones (excluding diaryl/α,β-unsaturated/α-hetero) is 3. The summed E-state index contributed by atoms with van der Waals surface area (Å²) in [5.74, 6) is 1.83. The molecule has 1 atom stereocenters. The fourth-order valence-corrected chi connectivity index (χ4v) is 10.9. The largest absolute Gasteiger partial charge is 0.495 e. The lowest BCUT2D eigenvalue weighted by molar-refractivity contribution is -0.142. The molecule has 3 aromatic carbocycles. The van der Waals surface area contributed by atoms with Crippen LogP contribution in [0.4, 0.5) is 56.6 Å². The summed E-state index contributed by atoms with van der Waals surface area (Å²) in [5.41, 5.74) is 6.79. The van der Waals surface area contributed by atoms with Gasteiger partial charge in [0.2, 0.25) is 0 Å². The van der Waals surface area contributed by atoms with Crippen molar-refractivity contribution < 1.29 is 87.1 Å². The van der Waals surface area contributed by atoms with Gasteiger partial charge in [-0.25, -0.2) is 0 Å². The maximum atomic E-state index is 12.9. The number of pyridine rings is 3.